The van der Waals surface area contributed by atoms with Crippen LogP contribution in [0.1, 0.15) is 5.56 Å². The fourth-order valence-electron chi connectivity index (χ4n) is 1.16. The first-order valence-corrected chi connectivity index (χ1v) is 5.32. The molecule has 0 aliphatic carbocycles. The maximum Gasteiger partial charge on any atom is 0.0488 e. The normalized spacial score (nSPS) is 10.8. The average molecular weight is 217 g/mol. The first kappa shape index (κ1) is 8.36. The molecule has 0 fully saturated rings. The Kier molecular flexibility index (Phi) is 2.26. The first-order chi connectivity index (χ1) is 5.81. The summed E-state index contributed by atoms with van der Waals surface area (Å²) in [5.41, 5.74) is 1.17. The van der Waals surface area contributed by atoms with E-state index in [9.17, 15) is 0 Å². The van der Waals surface area contributed by atoms with Crippen molar-refractivity contribution >= 4 is 44.6 Å². The Morgan fingerprint density at radius 1 is 1.33 bits per heavy atom. The number of hydrogen-bond donors (Lipinski definition) is 0. The van der Waals surface area contributed by atoms with Crippen LogP contribution in [0, 0.1) is 0 Å². The fourth-order valence-corrected chi connectivity index (χ4v) is 2.59. The lowest BCUT2D eigenvalue weighted by Crippen LogP contribution is -1.72. The summed E-state index contributed by atoms with van der Waals surface area (Å²) < 4.78 is 1.25. The molecule has 1 heterocycles. The maximum absolute atomic E-state index is 5.87. The van der Waals surface area contributed by atoms with Crippen molar-refractivity contribution in [3.05, 3.63) is 34.2 Å². The van der Waals surface area contributed by atoms with Crippen LogP contribution in [0.4, 0.5) is 0 Å². The van der Waals surface area contributed by atoms with Gasteiger partial charge in [-0.2, -0.15) is 0 Å². The SMILES string of the molecule is ClCc1csc2ccc(Cl)cc12. The minimum absolute atomic E-state index is 0.556. The molecule has 0 bridgehead atoms. The highest BCUT2D eigenvalue weighted by Gasteiger charge is 2.02. The minimum atomic E-state index is 0.556. The Morgan fingerprint density at radius 3 is 2.92 bits per heavy atom. The zero-order chi connectivity index (χ0) is 8.55. The summed E-state index contributed by atoms with van der Waals surface area (Å²) in [6.45, 7) is 0. The monoisotopic (exact) mass is 216 g/mol. The smallest absolute Gasteiger partial charge is 0.0488 e. The predicted molar refractivity (Wildman–Crippen MR) is 56.4 cm³/mol. The highest BCUT2D eigenvalue weighted by molar-refractivity contribution is 7.17. The molecular weight excluding hydrogens is 211 g/mol. The van der Waals surface area contributed by atoms with Gasteiger partial charge in [0.15, 0.2) is 0 Å². The van der Waals surface area contributed by atoms with Gasteiger partial charge in [0.25, 0.3) is 0 Å². The largest absolute Gasteiger partial charge is 0.143 e. The third-order valence-corrected chi connectivity index (χ3v) is 3.30. The highest BCUT2D eigenvalue weighted by atomic mass is 35.5. The Balaban J connectivity index is 2.75. The van der Waals surface area contributed by atoms with Crippen molar-refractivity contribution in [3.63, 3.8) is 0 Å². The number of fused-ring (bicyclic) bond motifs is 1. The second-order valence-corrected chi connectivity index (χ2v) is 4.15. The molecule has 0 amide bonds. The van der Waals surface area contributed by atoms with Crippen molar-refractivity contribution in [1.82, 2.24) is 0 Å². The van der Waals surface area contributed by atoms with Gasteiger partial charge in [-0.25, -0.2) is 0 Å². The van der Waals surface area contributed by atoms with Crippen LogP contribution in [0.2, 0.25) is 5.02 Å². The molecule has 0 radical (unpaired) electrons. The molecule has 62 valence electrons. The third kappa shape index (κ3) is 1.33. The molecule has 12 heavy (non-hydrogen) atoms. The number of rotatable bonds is 1. The van der Waals surface area contributed by atoms with Crippen LogP contribution in [-0.2, 0) is 5.88 Å². The van der Waals surface area contributed by atoms with Gasteiger partial charge in [-0.1, -0.05) is 11.6 Å². The molecule has 0 aliphatic rings. The van der Waals surface area contributed by atoms with Gasteiger partial charge >= 0.3 is 0 Å². The molecule has 1 aromatic heterocycles. The predicted octanol–water partition coefficient (Wildman–Crippen LogP) is 4.29. The fraction of sp³-hybridized carbons (Fsp3) is 0.111. The lowest BCUT2D eigenvalue weighted by molar-refractivity contribution is 1.50. The number of halogens is 2. The summed E-state index contributed by atoms with van der Waals surface area (Å²) in [5, 5.41) is 4.03. The second kappa shape index (κ2) is 3.25. The van der Waals surface area contributed by atoms with Crippen molar-refractivity contribution in [1.29, 1.82) is 0 Å². The van der Waals surface area contributed by atoms with E-state index in [0.717, 1.165) is 5.02 Å². The maximum atomic E-state index is 5.87. The van der Waals surface area contributed by atoms with Gasteiger partial charge in [-0.05, 0) is 34.5 Å². The van der Waals surface area contributed by atoms with Gasteiger partial charge in [0.2, 0.25) is 0 Å². The van der Waals surface area contributed by atoms with E-state index < -0.39 is 0 Å². The second-order valence-electron chi connectivity index (χ2n) is 2.54. The summed E-state index contributed by atoms with van der Waals surface area (Å²) in [7, 11) is 0. The summed E-state index contributed by atoms with van der Waals surface area (Å²) in [5.74, 6) is 0.556. The van der Waals surface area contributed by atoms with E-state index in [2.05, 4.69) is 5.38 Å². The van der Waals surface area contributed by atoms with E-state index in [1.807, 2.05) is 18.2 Å². The third-order valence-electron chi connectivity index (χ3n) is 1.76. The molecule has 0 nitrogen and oxygen atoms in total. The zero-order valence-electron chi connectivity index (χ0n) is 6.18. The standard InChI is InChI=1S/C9H6Cl2S/c10-4-6-5-12-9-2-1-7(11)3-8(6)9/h1-3,5H,4H2. The van der Waals surface area contributed by atoms with Crippen LogP contribution in [-0.4, -0.2) is 0 Å². The summed E-state index contributed by atoms with van der Waals surface area (Å²) >= 11 is 13.3. The van der Waals surface area contributed by atoms with Gasteiger partial charge in [0, 0.05) is 15.6 Å². The number of hydrogen-bond acceptors (Lipinski definition) is 1. The van der Waals surface area contributed by atoms with Crippen molar-refractivity contribution in [2.24, 2.45) is 0 Å². The summed E-state index contributed by atoms with van der Waals surface area (Å²) in [6, 6.07) is 5.89. The van der Waals surface area contributed by atoms with E-state index in [4.69, 9.17) is 23.2 Å². The Labute approximate surface area is 84.7 Å². The molecule has 0 N–H and O–H groups in total. The first-order valence-electron chi connectivity index (χ1n) is 3.53. The molecule has 3 heteroatoms. The van der Waals surface area contributed by atoms with Crippen molar-refractivity contribution in [2.75, 3.05) is 0 Å². The molecular formula is C9H6Cl2S. The molecule has 0 unspecified atom stereocenters. The lowest BCUT2D eigenvalue weighted by atomic mass is 10.2. The number of thiophene rings is 1. The molecule has 1 aromatic carbocycles. The quantitative estimate of drug-likeness (QED) is 0.625. The summed E-state index contributed by atoms with van der Waals surface area (Å²) in [4.78, 5) is 0. The molecule has 0 saturated carbocycles. The van der Waals surface area contributed by atoms with Crippen LogP contribution in [0.15, 0.2) is 23.6 Å². The number of alkyl halides is 1. The molecule has 0 spiro atoms. The van der Waals surface area contributed by atoms with Crippen LogP contribution in [0.25, 0.3) is 10.1 Å². The lowest BCUT2D eigenvalue weighted by Gasteiger charge is -1.93. The van der Waals surface area contributed by atoms with Gasteiger partial charge < -0.3 is 0 Å². The van der Waals surface area contributed by atoms with Crippen LogP contribution >= 0.6 is 34.5 Å². The average Bonchev–Trinajstić information content (AvgIpc) is 2.46. The van der Waals surface area contributed by atoms with E-state index in [-0.39, 0.29) is 0 Å². The van der Waals surface area contributed by atoms with Crippen LogP contribution < -0.4 is 0 Å². The van der Waals surface area contributed by atoms with Gasteiger partial charge in [-0.15, -0.1) is 22.9 Å². The summed E-state index contributed by atoms with van der Waals surface area (Å²) in [6.07, 6.45) is 0. The van der Waals surface area contributed by atoms with E-state index in [1.165, 1.54) is 15.6 Å². The molecule has 0 atom stereocenters. The van der Waals surface area contributed by atoms with Crippen molar-refractivity contribution in [2.45, 2.75) is 5.88 Å². The van der Waals surface area contributed by atoms with Crippen molar-refractivity contribution < 1.29 is 0 Å². The van der Waals surface area contributed by atoms with Gasteiger partial charge in [-0.3, -0.25) is 0 Å². The molecule has 2 rings (SSSR count). The minimum Gasteiger partial charge on any atom is -0.143 e. The number of benzene rings is 1. The molecule has 2 aromatic rings. The van der Waals surface area contributed by atoms with Crippen molar-refractivity contribution in [3.8, 4) is 0 Å². The van der Waals surface area contributed by atoms with E-state index in [0.29, 0.717) is 5.88 Å². The molecule has 0 aliphatic heterocycles. The Bertz CT molecular complexity index is 406. The molecule has 0 saturated heterocycles. The van der Waals surface area contributed by atoms with Gasteiger partial charge in [0.05, 0.1) is 0 Å². The van der Waals surface area contributed by atoms with Crippen LogP contribution in [0.3, 0.4) is 0 Å². The highest BCUT2D eigenvalue weighted by Crippen LogP contribution is 2.29. The zero-order valence-corrected chi connectivity index (χ0v) is 8.51. The van der Waals surface area contributed by atoms with E-state index >= 15 is 0 Å². The Hall–Kier alpha value is -0.240. The Morgan fingerprint density at radius 2 is 2.17 bits per heavy atom. The van der Waals surface area contributed by atoms with E-state index in [1.54, 1.807) is 11.3 Å². The topological polar surface area (TPSA) is 0 Å². The van der Waals surface area contributed by atoms with Crippen LogP contribution in [0.5, 0.6) is 0 Å². The van der Waals surface area contributed by atoms with Gasteiger partial charge in [0.1, 0.15) is 0 Å².